The van der Waals surface area contributed by atoms with Crippen molar-refractivity contribution in [2.24, 2.45) is 5.92 Å². The van der Waals surface area contributed by atoms with E-state index in [1.807, 2.05) is 0 Å². The van der Waals surface area contributed by atoms with Gasteiger partial charge >= 0.3 is 0 Å². The molecule has 23 heavy (non-hydrogen) atoms. The van der Waals surface area contributed by atoms with Crippen LogP contribution in [0.4, 0.5) is 5.69 Å². The van der Waals surface area contributed by atoms with Crippen LogP contribution in [0.3, 0.4) is 0 Å². The first-order valence-electron chi connectivity index (χ1n) is 7.24. The van der Waals surface area contributed by atoms with Crippen LogP contribution in [0.5, 0.6) is 5.75 Å². The first-order valence-corrected chi connectivity index (χ1v) is 9.11. The van der Waals surface area contributed by atoms with Gasteiger partial charge in [0.25, 0.3) is 10.0 Å². The van der Waals surface area contributed by atoms with Crippen LogP contribution in [0.1, 0.15) is 20.3 Å². The van der Waals surface area contributed by atoms with Crippen molar-refractivity contribution in [3.8, 4) is 5.75 Å². The first-order chi connectivity index (χ1) is 10.9. The smallest absolute Gasteiger partial charge is 0.261 e. The molecule has 0 bridgehead atoms. The fourth-order valence-corrected chi connectivity index (χ4v) is 3.08. The van der Waals surface area contributed by atoms with E-state index in [1.165, 1.54) is 18.3 Å². The number of aromatic nitrogens is 1. The van der Waals surface area contributed by atoms with Crippen molar-refractivity contribution >= 4 is 27.3 Å². The molecule has 0 amide bonds. The summed E-state index contributed by atoms with van der Waals surface area (Å²) in [5.74, 6) is 1.20. The van der Waals surface area contributed by atoms with Gasteiger partial charge in [-0.25, -0.2) is 13.4 Å². The zero-order valence-electron chi connectivity index (χ0n) is 13.0. The van der Waals surface area contributed by atoms with E-state index in [1.54, 1.807) is 24.3 Å². The maximum Gasteiger partial charge on any atom is 0.261 e. The van der Waals surface area contributed by atoms with Gasteiger partial charge in [-0.1, -0.05) is 25.4 Å². The summed E-state index contributed by atoms with van der Waals surface area (Å²) in [5.41, 5.74) is 0.242. The van der Waals surface area contributed by atoms with Crippen LogP contribution >= 0.6 is 11.6 Å². The Kier molecular flexibility index (Phi) is 5.85. The van der Waals surface area contributed by atoms with Crippen LogP contribution in [0.25, 0.3) is 0 Å². The van der Waals surface area contributed by atoms with Gasteiger partial charge in [0.05, 0.1) is 17.2 Å². The number of anilines is 1. The number of ether oxygens (including phenoxy) is 1. The minimum Gasteiger partial charge on any atom is -0.494 e. The van der Waals surface area contributed by atoms with E-state index in [4.69, 9.17) is 16.3 Å². The van der Waals surface area contributed by atoms with Crippen molar-refractivity contribution in [3.05, 3.63) is 47.7 Å². The molecule has 1 heterocycles. The molecule has 1 aromatic heterocycles. The molecular formula is C16H19ClN2O3S. The summed E-state index contributed by atoms with van der Waals surface area (Å²) in [4.78, 5) is 3.97. The largest absolute Gasteiger partial charge is 0.494 e. The first kappa shape index (κ1) is 17.6. The number of rotatable bonds is 7. The highest BCUT2D eigenvalue weighted by Gasteiger charge is 2.16. The molecule has 0 unspecified atom stereocenters. The summed E-state index contributed by atoms with van der Waals surface area (Å²) < 4.78 is 32.7. The standard InChI is InChI=1S/C16H19ClN2O3S/c1-12(2)9-11-22-13-5-7-14(8-6-13)23(20,21)19-15-4-3-10-18-16(15)17/h3-8,10,12,19H,9,11H2,1-2H3. The monoisotopic (exact) mass is 354 g/mol. The number of pyridine rings is 1. The van der Waals surface area contributed by atoms with E-state index in [2.05, 4.69) is 23.6 Å². The van der Waals surface area contributed by atoms with Crippen LogP contribution < -0.4 is 9.46 Å². The van der Waals surface area contributed by atoms with Crippen LogP contribution in [0, 0.1) is 5.92 Å². The lowest BCUT2D eigenvalue weighted by Gasteiger charge is -2.11. The molecule has 0 aliphatic heterocycles. The molecule has 1 aromatic carbocycles. The zero-order valence-corrected chi connectivity index (χ0v) is 14.6. The Morgan fingerprint density at radius 3 is 2.52 bits per heavy atom. The second kappa shape index (κ2) is 7.66. The van der Waals surface area contributed by atoms with Gasteiger partial charge < -0.3 is 4.74 Å². The fourth-order valence-electron chi connectivity index (χ4n) is 1.79. The van der Waals surface area contributed by atoms with Crippen molar-refractivity contribution in [1.82, 2.24) is 4.98 Å². The molecule has 0 aliphatic rings. The number of hydrogen-bond acceptors (Lipinski definition) is 4. The molecule has 0 saturated carbocycles. The van der Waals surface area contributed by atoms with Crippen LogP contribution in [0.15, 0.2) is 47.5 Å². The minimum atomic E-state index is -3.72. The Morgan fingerprint density at radius 1 is 1.22 bits per heavy atom. The van der Waals surface area contributed by atoms with Gasteiger partial charge in [0.1, 0.15) is 5.75 Å². The molecule has 124 valence electrons. The summed E-state index contributed by atoms with van der Waals surface area (Å²) in [7, 11) is -3.72. The molecule has 1 N–H and O–H groups in total. The maximum atomic E-state index is 12.3. The third kappa shape index (κ3) is 5.11. The Bertz CT molecular complexity index is 746. The SMILES string of the molecule is CC(C)CCOc1ccc(S(=O)(=O)Nc2cccnc2Cl)cc1. The van der Waals surface area contributed by atoms with E-state index < -0.39 is 10.0 Å². The van der Waals surface area contributed by atoms with Crippen LogP contribution in [0.2, 0.25) is 5.15 Å². The highest BCUT2D eigenvalue weighted by molar-refractivity contribution is 7.92. The van der Waals surface area contributed by atoms with Gasteiger partial charge in [0.2, 0.25) is 0 Å². The Balaban J connectivity index is 2.07. The molecule has 0 aliphatic carbocycles. The highest BCUT2D eigenvalue weighted by Crippen LogP contribution is 2.23. The molecular weight excluding hydrogens is 336 g/mol. The molecule has 7 heteroatoms. The Morgan fingerprint density at radius 2 is 1.91 bits per heavy atom. The van der Waals surface area contributed by atoms with Gasteiger partial charge in [0, 0.05) is 6.20 Å². The summed E-state index contributed by atoms with van der Waals surface area (Å²) >= 11 is 5.87. The van der Waals surface area contributed by atoms with Gasteiger partial charge in [-0.2, -0.15) is 0 Å². The quantitative estimate of drug-likeness (QED) is 0.764. The number of nitrogens with one attached hydrogen (secondary N) is 1. The normalized spacial score (nSPS) is 11.5. The number of sulfonamides is 1. The predicted molar refractivity (Wildman–Crippen MR) is 91.4 cm³/mol. The number of halogens is 1. The fraction of sp³-hybridized carbons (Fsp3) is 0.312. The molecule has 2 rings (SSSR count). The molecule has 0 radical (unpaired) electrons. The zero-order chi connectivity index (χ0) is 16.9. The van der Waals surface area contributed by atoms with Gasteiger partial charge in [-0.15, -0.1) is 0 Å². The van der Waals surface area contributed by atoms with E-state index in [0.29, 0.717) is 18.3 Å². The topological polar surface area (TPSA) is 68.3 Å². The maximum absolute atomic E-state index is 12.3. The summed E-state index contributed by atoms with van der Waals surface area (Å²) in [6.45, 7) is 4.84. The number of hydrogen-bond donors (Lipinski definition) is 1. The second-order valence-corrected chi connectivity index (χ2v) is 7.49. The summed E-state index contributed by atoms with van der Waals surface area (Å²) in [5, 5.41) is 0.102. The van der Waals surface area contributed by atoms with Crippen molar-refractivity contribution < 1.29 is 13.2 Å². The van der Waals surface area contributed by atoms with Gasteiger partial charge in [-0.05, 0) is 48.7 Å². The number of nitrogens with zero attached hydrogens (tertiary/aromatic N) is 1. The Labute approximate surface area is 141 Å². The average molecular weight is 355 g/mol. The second-order valence-electron chi connectivity index (χ2n) is 5.45. The van der Waals surface area contributed by atoms with E-state index >= 15 is 0 Å². The lowest BCUT2D eigenvalue weighted by Crippen LogP contribution is -2.13. The minimum absolute atomic E-state index is 0.102. The molecule has 0 spiro atoms. The van der Waals surface area contributed by atoms with Crippen LogP contribution in [-0.4, -0.2) is 20.0 Å². The lowest BCUT2D eigenvalue weighted by molar-refractivity contribution is 0.289. The molecule has 5 nitrogen and oxygen atoms in total. The van der Waals surface area contributed by atoms with E-state index in [-0.39, 0.29) is 15.7 Å². The average Bonchev–Trinajstić information content (AvgIpc) is 2.50. The highest BCUT2D eigenvalue weighted by atomic mass is 35.5. The van der Waals surface area contributed by atoms with Gasteiger partial charge in [-0.3, -0.25) is 4.72 Å². The molecule has 0 atom stereocenters. The Hall–Kier alpha value is -1.79. The van der Waals surface area contributed by atoms with Crippen molar-refractivity contribution in [3.63, 3.8) is 0 Å². The molecule has 0 fully saturated rings. The third-order valence-corrected chi connectivity index (χ3v) is 4.78. The van der Waals surface area contributed by atoms with Crippen molar-refractivity contribution in [2.75, 3.05) is 11.3 Å². The lowest BCUT2D eigenvalue weighted by atomic mass is 10.1. The molecule has 0 saturated heterocycles. The van der Waals surface area contributed by atoms with Crippen molar-refractivity contribution in [2.45, 2.75) is 25.2 Å². The summed E-state index contributed by atoms with van der Waals surface area (Å²) in [6, 6.07) is 9.43. The van der Waals surface area contributed by atoms with E-state index in [0.717, 1.165) is 6.42 Å². The predicted octanol–water partition coefficient (Wildman–Crippen LogP) is 3.96. The van der Waals surface area contributed by atoms with Crippen molar-refractivity contribution in [1.29, 1.82) is 0 Å². The molecule has 2 aromatic rings. The van der Waals surface area contributed by atoms with Gasteiger partial charge in [0.15, 0.2) is 5.15 Å². The van der Waals surface area contributed by atoms with E-state index in [9.17, 15) is 8.42 Å². The number of benzene rings is 1. The third-order valence-electron chi connectivity index (χ3n) is 3.10. The summed E-state index contributed by atoms with van der Waals surface area (Å²) in [6.07, 6.45) is 2.44. The van der Waals surface area contributed by atoms with Crippen LogP contribution in [-0.2, 0) is 10.0 Å².